The molecule has 1 nitrogen and oxygen atoms in total. The normalized spacial score (nSPS) is 10.9. The van der Waals surface area contributed by atoms with E-state index in [9.17, 15) is 0 Å². The van der Waals surface area contributed by atoms with Gasteiger partial charge in [-0.15, -0.1) is 11.3 Å². The highest BCUT2D eigenvalue weighted by Gasteiger charge is 2.03. The summed E-state index contributed by atoms with van der Waals surface area (Å²) in [6.07, 6.45) is 0. The van der Waals surface area contributed by atoms with Gasteiger partial charge in [-0.1, -0.05) is 15.9 Å². The average molecular weight is 307 g/mol. The Balaban J connectivity index is 2.83. The van der Waals surface area contributed by atoms with Crippen LogP contribution in [0.1, 0.15) is 5.56 Å². The Hall–Kier alpha value is 0.0700. The second-order valence-electron chi connectivity index (χ2n) is 2.54. The van der Waals surface area contributed by atoms with Crippen molar-refractivity contribution in [3.63, 3.8) is 0 Å². The van der Waals surface area contributed by atoms with Gasteiger partial charge in [0.05, 0.1) is 10.2 Å². The molecule has 12 heavy (non-hydrogen) atoms. The van der Waals surface area contributed by atoms with Crippen LogP contribution in [0, 0.1) is 6.92 Å². The third-order valence-electron chi connectivity index (χ3n) is 1.64. The molecule has 2 aromatic rings. The molecule has 0 amide bonds. The third-order valence-corrected chi connectivity index (χ3v) is 3.97. The van der Waals surface area contributed by atoms with Gasteiger partial charge in [-0.05, 0) is 40.5 Å². The van der Waals surface area contributed by atoms with Crippen molar-refractivity contribution < 1.29 is 0 Å². The number of thiazole rings is 1. The van der Waals surface area contributed by atoms with Crippen molar-refractivity contribution in [1.82, 2.24) is 4.98 Å². The van der Waals surface area contributed by atoms with E-state index in [0.29, 0.717) is 0 Å². The molecule has 0 fully saturated rings. The fourth-order valence-electron chi connectivity index (χ4n) is 1.03. The van der Waals surface area contributed by atoms with Crippen LogP contribution < -0.4 is 0 Å². The summed E-state index contributed by atoms with van der Waals surface area (Å²) in [5, 5.41) is 0. The molecule has 0 unspecified atom stereocenters. The first-order valence-corrected chi connectivity index (χ1v) is 5.79. The lowest BCUT2D eigenvalue weighted by Gasteiger charge is -1.95. The lowest BCUT2D eigenvalue weighted by Crippen LogP contribution is -1.74. The largest absolute Gasteiger partial charge is 0.229 e. The third kappa shape index (κ3) is 1.43. The molecule has 0 aliphatic carbocycles. The molecule has 0 atom stereocenters. The van der Waals surface area contributed by atoms with Crippen molar-refractivity contribution in [2.75, 3.05) is 0 Å². The Morgan fingerprint density at radius 2 is 2.08 bits per heavy atom. The van der Waals surface area contributed by atoms with Crippen LogP contribution in [0.3, 0.4) is 0 Å². The van der Waals surface area contributed by atoms with Crippen molar-refractivity contribution >= 4 is 53.4 Å². The summed E-state index contributed by atoms with van der Waals surface area (Å²) >= 11 is 8.51. The fourth-order valence-corrected chi connectivity index (χ4v) is 2.95. The summed E-state index contributed by atoms with van der Waals surface area (Å²) in [4.78, 5) is 4.33. The minimum absolute atomic E-state index is 0.940. The van der Waals surface area contributed by atoms with Gasteiger partial charge in [0.1, 0.15) is 0 Å². The first kappa shape index (κ1) is 8.66. The zero-order valence-electron chi connectivity index (χ0n) is 6.27. The number of hydrogen-bond donors (Lipinski definition) is 0. The van der Waals surface area contributed by atoms with Gasteiger partial charge in [-0.2, -0.15) is 0 Å². The molecule has 0 radical (unpaired) electrons. The first-order valence-electron chi connectivity index (χ1n) is 3.39. The average Bonchev–Trinajstić information content (AvgIpc) is 2.30. The maximum atomic E-state index is 4.33. The highest BCUT2D eigenvalue weighted by atomic mass is 79.9. The molecule has 0 spiro atoms. The van der Waals surface area contributed by atoms with E-state index in [1.54, 1.807) is 11.3 Å². The Bertz CT molecular complexity index is 397. The molecule has 0 N–H and O–H groups in total. The molecule has 1 heterocycles. The molecular weight excluding hydrogens is 302 g/mol. The maximum absolute atomic E-state index is 4.33. The lowest BCUT2D eigenvalue weighted by molar-refractivity contribution is 1.40. The van der Waals surface area contributed by atoms with E-state index >= 15 is 0 Å². The van der Waals surface area contributed by atoms with Gasteiger partial charge in [0.15, 0.2) is 3.92 Å². The van der Waals surface area contributed by atoms with Crippen molar-refractivity contribution in [3.05, 3.63) is 26.1 Å². The molecule has 0 bridgehead atoms. The second kappa shape index (κ2) is 3.09. The smallest absolute Gasteiger partial charge is 0.160 e. The Kier molecular flexibility index (Phi) is 2.23. The Labute approximate surface area is 91.1 Å². The molecule has 1 aromatic carbocycles. The van der Waals surface area contributed by atoms with Gasteiger partial charge < -0.3 is 0 Å². The van der Waals surface area contributed by atoms with Crippen LogP contribution >= 0.6 is 43.2 Å². The van der Waals surface area contributed by atoms with Crippen LogP contribution in [0.2, 0.25) is 0 Å². The van der Waals surface area contributed by atoms with Crippen molar-refractivity contribution in [2.24, 2.45) is 0 Å². The van der Waals surface area contributed by atoms with E-state index in [2.05, 4.69) is 55.9 Å². The number of hydrogen-bond acceptors (Lipinski definition) is 2. The SMILES string of the molecule is Cc1cc2nc(Br)sc2cc1Br. The summed E-state index contributed by atoms with van der Waals surface area (Å²) in [6.45, 7) is 2.07. The van der Waals surface area contributed by atoms with E-state index in [0.717, 1.165) is 13.9 Å². The molecule has 4 heteroatoms. The molecule has 0 saturated carbocycles. The molecule has 0 aliphatic rings. The number of benzene rings is 1. The van der Waals surface area contributed by atoms with Crippen molar-refractivity contribution in [3.8, 4) is 0 Å². The van der Waals surface area contributed by atoms with E-state index in [1.165, 1.54) is 10.3 Å². The van der Waals surface area contributed by atoms with Gasteiger partial charge in [-0.3, -0.25) is 0 Å². The zero-order valence-corrected chi connectivity index (χ0v) is 10.3. The number of halogens is 2. The minimum atomic E-state index is 0.940. The lowest BCUT2D eigenvalue weighted by atomic mass is 10.2. The fraction of sp³-hybridized carbons (Fsp3) is 0.125. The number of aromatic nitrogens is 1. The van der Waals surface area contributed by atoms with Crippen LogP contribution in [-0.4, -0.2) is 4.98 Å². The predicted octanol–water partition coefficient (Wildman–Crippen LogP) is 4.13. The number of aryl methyl sites for hydroxylation is 1. The zero-order chi connectivity index (χ0) is 8.72. The molecule has 0 aliphatic heterocycles. The van der Waals surface area contributed by atoms with Gasteiger partial charge in [0.25, 0.3) is 0 Å². The Morgan fingerprint density at radius 3 is 2.83 bits per heavy atom. The van der Waals surface area contributed by atoms with Gasteiger partial charge in [0.2, 0.25) is 0 Å². The highest BCUT2D eigenvalue weighted by molar-refractivity contribution is 9.11. The highest BCUT2D eigenvalue weighted by Crippen LogP contribution is 2.30. The molecule has 0 saturated heterocycles. The molecule has 62 valence electrons. The standard InChI is InChI=1S/C8H5Br2NS/c1-4-2-6-7(3-5(4)9)12-8(10)11-6/h2-3H,1H3. The summed E-state index contributed by atoms with van der Waals surface area (Å²) < 4.78 is 3.29. The van der Waals surface area contributed by atoms with Crippen LogP contribution in [0.5, 0.6) is 0 Å². The number of rotatable bonds is 0. The van der Waals surface area contributed by atoms with Crippen LogP contribution in [0.25, 0.3) is 10.2 Å². The summed E-state index contributed by atoms with van der Waals surface area (Å²) in [7, 11) is 0. The summed E-state index contributed by atoms with van der Waals surface area (Å²) in [5.74, 6) is 0. The van der Waals surface area contributed by atoms with E-state index in [4.69, 9.17) is 0 Å². The summed E-state index contributed by atoms with van der Waals surface area (Å²) in [5.41, 5.74) is 2.29. The first-order chi connectivity index (χ1) is 5.66. The monoisotopic (exact) mass is 305 g/mol. The second-order valence-corrected chi connectivity index (χ2v) is 5.70. The molecule has 1 aromatic heterocycles. The van der Waals surface area contributed by atoms with Gasteiger partial charge in [0, 0.05) is 4.47 Å². The van der Waals surface area contributed by atoms with Crippen molar-refractivity contribution in [1.29, 1.82) is 0 Å². The molecule has 2 rings (SSSR count). The van der Waals surface area contributed by atoms with Gasteiger partial charge >= 0.3 is 0 Å². The Morgan fingerprint density at radius 1 is 1.33 bits per heavy atom. The topological polar surface area (TPSA) is 12.9 Å². The van der Waals surface area contributed by atoms with Crippen LogP contribution in [-0.2, 0) is 0 Å². The quantitative estimate of drug-likeness (QED) is 0.713. The van der Waals surface area contributed by atoms with Crippen LogP contribution in [0.15, 0.2) is 20.5 Å². The van der Waals surface area contributed by atoms with Crippen LogP contribution in [0.4, 0.5) is 0 Å². The number of fused-ring (bicyclic) bond motifs is 1. The predicted molar refractivity (Wildman–Crippen MR) is 59.8 cm³/mol. The maximum Gasteiger partial charge on any atom is 0.160 e. The minimum Gasteiger partial charge on any atom is -0.229 e. The van der Waals surface area contributed by atoms with E-state index in [-0.39, 0.29) is 0 Å². The molecular formula is C8H5Br2NS. The van der Waals surface area contributed by atoms with Gasteiger partial charge in [-0.25, -0.2) is 4.98 Å². The van der Waals surface area contributed by atoms with Crippen molar-refractivity contribution in [2.45, 2.75) is 6.92 Å². The summed E-state index contributed by atoms with van der Waals surface area (Å²) in [6, 6.07) is 4.19. The van der Waals surface area contributed by atoms with E-state index < -0.39 is 0 Å². The van der Waals surface area contributed by atoms with E-state index in [1.807, 2.05) is 0 Å². The number of nitrogens with zero attached hydrogens (tertiary/aromatic N) is 1.